The summed E-state index contributed by atoms with van der Waals surface area (Å²) < 4.78 is 7.80. The normalized spacial score (nSPS) is 15.8. The highest BCUT2D eigenvalue weighted by atomic mass is 127. The number of nitrogens with zero attached hydrogens (tertiary/aromatic N) is 2. The van der Waals surface area contributed by atoms with E-state index in [9.17, 15) is 9.59 Å². The number of halogens is 2. The molecule has 1 aliphatic heterocycles. The fourth-order valence-electron chi connectivity index (χ4n) is 3.35. The summed E-state index contributed by atoms with van der Waals surface area (Å²) in [4.78, 5) is 30.4. The van der Waals surface area contributed by atoms with Gasteiger partial charge in [0.1, 0.15) is 12.4 Å². The molecule has 1 heterocycles. The van der Waals surface area contributed by atoms with E-state index in [1.54, 1.807) is 19.2 Å². The van der Waals surface area contributed by atoms with Gasteiger partial charge in [-0.3, -0.25) is 9.69 Å². The quantitative estimate of drug-likeness (QED) is 0.230. The van der Waals surface area contributed by atoms with Crippen LogP contribution in [0.15, 0.2) is 75.0 Å². The molecule has 0 spiro atoms. The Kier molecular flexibility index (Phi) is 7.98. The lowest BCUT2D eigenvalue weighted by molar-refractivity contribution is -0.121. The molecule has 0 aromatic heterocycles. The molecule has 1 saturated heterocycles. The fourth-order valence-corrected chi connectivity index (χ4v) is 6.11. The van der Waals surface area contributed by atoms with Gasteiger partial charge in [0.25, 0.3) is 5.91 Å². The zero-order valence-corrected chi connectivity index (χ0v) is 23.3. The van der Waals surface area contributed by atoms with Gasteiger partial charge in [0.2, 0.25) is 0 Å². The lowest BCUT2D eigenvalue weighted by atomic mass is 10.1. The van der Waals surface area contributed by atoms with Crippen molar-refractivity contribution in [3.63, 3.8) is 0 Å². The third-order valence-corrected chi connectivity index (χ3v) is 7.58. The lowest BCUT2D eigenvalue weighted by Gasteiger charge is -2.12. The first-order valence-corrected chi connectivity index (χ1v) is 13.2. The van der Waals surface area contributed by atoms with E-state index in [0.29, 0.717) is 22.4 Å². The van der Waals surface area contributed by atoms with Gasteiger partial charge in [-0.05, 0) is 111 Å². The molecule has 0 radical (unpaired) electrons. The molecule has 3 aromatic carbocycles. The number of carbonyl (C=O) groups excluding carboxylic acids is 1. The van der Waals surface area contributed by atoms with Gasteiger partial charge in [0.05, 0.1) is 24.2 Å². The molecule has 4 rings (SSSR count). The van der Waals surface area contributed by atoms with E-state index in [2.05, 4.69) is 62.6 Å². The number of aryl methyl sites for hydroxylation is 1. The van der Waals surface area contributed by atoms with Crippen molar-refractivity contribution < 1.29 is 19.4 Å². The van der Waals surface area contributed by atoms with Crippen molar-refractivity contribution in [2.75, 3.05) is 7.05 Å². The molecule has 1 amide bonds. The van der Waals surface area contributed by atoms with E-state index in [1.165, 1.54) is 34.4 Å². The monoisotopic (exact) mass is 662 g/mol. The number of rotatable bonds is 6. The predicted molar refractivity (Wildman–Crippen MR) is 151 cm³/mol. The SMILES string of the molecule is Cc1cccc(COc2c(Br)cc(/C=C3\SC(=Nc4ccc(C(=O)O)cc4)N(C)C3=O)cc2I)c1. The Labute approximate surface area is 229 Å². The Morgan fingerprint density at radius 1 is 1.20 bits per heavy atom. The van der Waals surface area contributed by atoms with Crippen LogP contribution < -0.4 is 4.74 Å². The van der Waals surface area contributed by atoms with Crippen molar-refractivity contribution >= 4 is 79.1 Å². The minimum absolute atomic E-state index is 0.151. The molecule has 1 N–H and O–H groups in total. The van der Waals surface area contributed by atoms with E-state index in [-0.39, 0.29) is 11.5 Å². The molecule has 0 aliphatic carbocycles. The van der Waals surface area contributed by atoms with Crippen LogP contribution in [0.3, 0.4) is 0 Å². The van der Waals surface area contributed by atoms with Crippen LogP contribution in [0.2, 0.25) is 0 Å². The van der Waals surface area contributed by atoms with Gasteiger partial charge in [0.15, 0.2) is 5.17 Å². The average molecular weight is 663 g/mol. The molecular weight excluding hydrogens is 643 g/mol. The number of amides is 1. The number of amidine groups is 1. The minimum atomic E-state index is -0.996. The summed E-state index contributed by atoms with van der Waals surface area (Å²) in [6.45, 7) is 2.51. The number of likely N-dealkylation sites (N-methyl/N-ethyl adjacent to an activating group) is 1. The number of ether oxygens (including phenoxy) is 1. The third-order valence-electron chi connectivity index (χ3n) is 5.13. The van der Waals surface area contributed by atoms with Crippen LogP contribution >= 0.6 is 50.3 Å². The van der Waals surface area contributed by atoms with Gasteiger partial charge in [-0.15, -0.1) is 0 Å². The van der Waals surface area contributed by atoms with Gasteiger partial charge in [-0.1, -0.05) is 29.8 Å². The lowest BCUT2D eigenvalue weighted by Crippen LogP contribution is -2.23. The maximum absolute atomic E-state index is 12.8. The molecule has 3 aromatic rings. The fraction of sp³-hybridized carbons (Fsp3) is 0.115. The first-order chi connectivity index (χ1) is 16.7. The van der Waals surface area contributed by atoms with E-state index in [4.69, 9.17) is 9.84 Å². The average Bonchev–Trinajstić information content (AvgIpc) is 3.06. The number of aromatic carboxylic acids is 1. The molecule has 6 nitrogen and oxygen atoms in total. The molecule has 1 fully saturated rings. The number of carboxylic acids is 1. The molecule has 9 heteroatoms. The number of hydrogen-bond donors (Lipinski definition) is 1. The zero-order chi connectivity index (χ0) is 25.1. The molecule has 0 bridgehead atoms. The summed E-state index contributed by atoms with van der Waals surface area (Å²) in [7, 11) is 1.67. The van der Waals surface area contributed by atoms with Crippen LogP contribution in [-0.4, -0.2) is 34.1 Å². The van der Waals surface area contributed by atoms with E-state index in [0.717, 1.165) is 24.9 Å². The number of thioether (sulfide) groups is 1. The van der Waals surface area contributed by atoms with Gasteiger partial charge in [0, 0.05) is 7.05 Å². The van der Waals surface area contributed by atoms with Crippen molar-refractivity contribution in [3.05, 3.63) is 95.9 Å². The van der Waals surface area contributed by atoms with Crippen molar-refractivity contribution in [1.29, 1.82) is 0 Å². The van der Waals surface area contributed by atoms with Crippen LogP contribution in [0.1, 0.15) is 27.0 Å². The standard InChI is InChI=1S/C26H20BrIN2O4S/c1-15-4-3-5-16(10-15)14-34-23-20(27)11-17(12-21(23)28)13-22-24(31)30(2)26(35-22)29-19-8-6-18(7-9-19)25(32)33/h3-13H,14H2,1-2H3,(H,32,33)/b22-13-,29-26?. The molecule has 0 saturated carbocycles. The Morgan fingerprint density at radius 2 is 1.94 bits per heavy atom. The smallest absolute Gasteiger partial charge is 0.335 e. The van der Waals surface area contributed by atoms with Crippen LogP contribution in [-0.2, 0) is 11.4 Å². The number of hydrogen-bond acceptors (Lipinski definition) is 5. The van der Waals surface area contributed by atoms with Crippen LogP contribution in [0.4, 0.5) is 5.69 Å². The van der Waals surface area contributed by atoms with Crippen molar-refractivity contribution in [1.82, 2.24) is 4.90 Å². The molecule has 178 valence electrons. The predicted octanol–water partition coefficient (Wildman–Crippen LogP) is 6.87. The maximum atomic E-state index is 12.8. The second-order valence-corrected chi connectivity index (χ2v) is 10.8. The zero-order valence-electron chi connectivity index (χ0n) is 18.8. The van der Waals surface area contributed by atoms with Crippen molar-refractivity contribution in [2.24, 2.45) is 4.99 Å². The Hall–Kier alpha value is -2.63. The first kappa shape index (κ1) is 25.5. The van der Waals surface area contributed by atoms with Crippen LogP contribution in [0.25, 0.3) is 6.08 Å². The van der Waals surface area contributed by atoms with Crippen molar-refractivity contribution in [3.8, 4) is 5.75 Å². The Morgan fingerprint density at radius 3 is 2.60 bits per heavy atom. The van der Waals surface area contributed by atoms with Gasteiger partial charge >= 0.3 is 5.97 Å². The van der Waals surface area contributed by atoms with E-state index < -0.39 is 5.97 Å². The highest BCUT2D eigenvalue weighted by molar-refractivity contribution is 14.1. The maximum Gasteiger partial charge on any atom is 0.335 e. The molecule has 35 heavy (non-hydrogen) atoms. The largest absolute Gasteiger partial charge is 0.487 e. The highest BCUT2D eigenvalue weighted by Gasteiger charge is 2.30. The van der Waals surface area contributed by atoms with Crippen LogP contribution in [0.5, 0.6) is 5.75 Å². The summed E-state index contributed by atoms with van der Waals surface area (Å²) in [5, 5.41) is 9.57. The van der Waals surface area contributed by atoms with E-state index in [1.807, 2.05) is 30.3 Å². The van der Waals surface area contributed by atoms with Gasteiger partial charge in [-0.2, -0.15) is 0 Å². The topological polar surface area (TPSA) is 79.2 Å². The second kappa shape index (κ2) is 11.0. The first-order valence-electron chi connectivity index (χ1n) is 10.5. The molecular formula is C26H20BrIN2O4S. The number of carbonyl (C=O) groups is 2. The van der Waals surface area contributed by atoms with E-state index >= 15 is 0 Å². The summed E-state index contributed by atoms with van der Waals surface area (Å²) in [5.74, 6) is -0.394. The minimum Gasteiger partial charge on any atom is -0.487 e. The summed E-state index contributed by atoms with van der Waals surface area (Å²) in [5.41, 5.74) is 3.90. The number of carboxylic acid groups (broad SMARTS) is 1. The Bertz CT molecular complexity index is 1350. The van der Waals surface area contributed by atoms with Gasteiger partial charge in [-0.25, -0.2) is 9.79 Å². The van der Waals surface area contributed by atoms with Gasteiger partial charge < -0.3 is 9.84 Å². The highest BCUT2D eigenvalue weighted by Crippen LogP contribution is 2.37. The molecule has 0 unspecified atom stereocenters. The number of benzene rings is 3. The summed E-state index contributed by atoms with van der Waals surface area (Å²) in [6.07, 6.45) is 1.83. The third kappa shape index (κ3) is 6.14. The number of aliphatic imine (C=N–C) groups is 1. The summed E-state index contributed by atoms with van der Waals surface area (Å²) >= 11 is 7.11. The van der Waals surface area contributed by atoms with Crippen LogP contribution in [0, 0.1) is 10.5 Å². The Balaban J connectivity index is 1.52. The van der Waals surface area contributed by atoms with Crippen molar-refractivity contribution in [2.45, 2.75) is 13.5 Å². The summed E-state index contributed by atoms with van der Waals surface area (Å²) in [6, 6.07) is 18.3. The molecule has 0 atom stereocenters. The molecule has 1 aliphatic rings. The second-order valence-electron chi connectivity index (χ2n) is 7.81.